The van der Waals surface area contributed by atoms with Crippen LogP contribution in [-0.2, 0) is 5.60 Å². The zero-order valence-corrected chi connectivity index (χ0v) is 10.7. The van der Waals surface area contributed by atoms with Crippen LogP contribution in [0.3, 0.4) is 0 Å². The first kappa shape index (κ1) is 10.8. The minimum Gasteiger partial charge on any atom is -0.385 e. The van der Waals surface area contributed by atoms with Gasteiger partial charge in [0.2, 0.25) is 0 Å². The third kappa shape index (κ3) is 1.62. The van der Waals surface area contributed by atoms with Crippen LogP contribution in [-0.4, -0.2) is 18.2 Å². The average Bonchev–Trinajstić information content (AvgIpc) is 2.76. The van der Waals surface area contributed by atoms with E-state index in [0.717, 1.165) is 36.0 Å². The topological polar surface area (TPSA) is 32.3 Å². The number of aliphatic hydroxyl groups is 1. The molecule has 0 amide bonds. The lowest BCUT2D eigenvalue weighted by atomic mass is 9.91. The predicted molar refractivity (Wildman–Crippen MR) is 67.1 cm³/mol. The van der Waals surface area contributed by atoms with Crippen molar-refractivity contribution in [2.45, 2.75) is 18.4 Å². The van der Waals surface area contributed by atoms with E-state index in [0.29, 0.717) is 11.8 Å². The van der Waals surface area contributed by atoms with E-state index in [1.165, 1.54) is 0 Å². The molecule has 1 saturated carbocycles. The Balaban J connectivity index is 1.93. The van der Waals surface area contributed by atoms with Crippen molar-refractivity contribution in [1.29, 1.82) is 0 Å². The molecule has 1 saturated heterocycles. The number of nitrogens with one attached hydrogen (secondary N) is 1. The molecule has 1 aromatic rings. The lowest BCUT2D eigenvalue weighted by Crippen LogP contribution is -2.26. The second-order valence-corrected chi connectivity index (χ2v) is 5.95. The van der Waals surface area contributed by atoms with Gasteiger partial charge in [-0.25, -0.2) is 0 Å². The third-order valence-corrected chi connectivity index (χ3v) is 4.75. The number of fused-ring (bicyclic) bond motifs is 1. The summed E-state index contributed by atoms with van der Waals surface area (Å²) in [5.41, 5.74) is 0.446. The van der Waals surface area contributed by atoms with Crippen molar-refractivity contribution in [3.8, 4) is 0 Å². The van der Waals surface area contributed by atoms with Gasteiger partial charge in [0.05, 0.1) is 5.60 Å². The Bertz CT molecular complexity index is 395. The van der Waals surface area contributed by atoms with Crippen molar-refractivity contribution in [1.82, 2.24) is 5.32 Å². The lowest BCUT2D eigenvalue weighted by molar-refractivity contribution is 0.0351. The van der Waals surface area contributed by atoms with Crippen LogP contribution < -0.4 is 5.32 Å². The van der Waals surface area contributed by atoms with Crippen LogP contribution >= 0.6 is 15.9 Å². The number of rotatable bonds is 1. The van der Waals surface area contributed by atoms with E-state index in [1.54, 1.807) is 0 Å². The molecule has 3 heteroatoms. The molecule has 0 bridgehead atoms. The standard InChI is InChI=1S/C13H16BrNO/c14-12-4-2-1-3-11(12)13(16)5-9-7-15-8-10(9)6-13/h1-4,9-10,15-16H,5-8H2. The molecule has 16 heavy (non-hydrogen) atoms. The van der Waals surface area contributed by atoms with Crippen LogP contribution in [0.15, 0.2) is 28.7 Å². The van der Waals surface area contributed by atoms with E-state index < -0.39 is 5.60 Å². The molecule has 0 spiro atoms. The van der Waals surface area contributed by atoms with Crippen LogP contribution in [0.4, 0.5) is 0 Å². The quantitative estimate of drug-likeness (QED) is 0.828. The first-order valence-corrected chi connectivity index (χ1v) is 6.66. The molecule has 2 N–H and O–H groups in total. The van der Waals surface area contributed by atoms with Crippen molar-refractivity contribution in [3.05, 3.63) is 34.3 Å². The first-order chi connectivity index (χ1) is 7.69. The second kappa shape index (κ2) is 3.83. The molecule has 0 aromatic heterocycles. The number of hydrogen-bond acceptors (Lipinski definition) is 2. The van der Waals surface area contributed by atoms with Gasteiger partial charge in [-0.3, -0.25) is 0 Å². The van der Waals surface area contributed by atoms with Crippen LogP contribution in [0.1, 0.15) is 18.4 Å². The molecule has 2 nitrogen and oxygen atoms in total. The summed E-state index contributed by atoms with van der Waals surface area (Å²) in [4.78, 5) is 0. The predicted octanol–water partition coefficient (Wildman–Crippen LogP) is 2.27. The summed E-state index contributed by atoms with van der Waals surface area (Å²) in [6.45, 7) is 2.13. The van der Waals surface area contributed by atoms with Crippen molar-refractivity contribution < 1.29 is 5.11 Å². The smallest absolute Gasteiger partial charge is 0.0913 e. The minimum atomic E-state index is -0.614. The van der Waals surface area contributed by atoms with Gasteiger partial charge in [-0.1, -0.05) is 34.1 Å². The van der Waals surface area contributed by atoms with Gasteiger partial charge in [0, 0.05) is 4.47 Å². The van der Waals surface area contributed by atoms with Crippen molar-refractivity contribution in [2.75, 3.05) is 13.1 Å². The van der Waals surface area contributed by atoms with Gasteiger partial charge in [0.25, 0.3) is 0 Å². The molecular weight excluding hydrogens is 266 g/mol. The molecule has 2 atom stereocenters. The maximum atomic E-state index is 10.8. The molecule has 2 fully saturated rings. The summed E-state index contributed by atoms with van der Waals surface area (Å²) in [6.07, 6.45) is 1.79. The summed E-state index contributed by atoms with van der Waals surface area (Å²) >= 11 is 3.55. The van der Waals surface area contributed by atoms with E-state index in [-0.39, 0.29) is 0 Å². The highest BCUT2D eigenvalue weighted by molar-refractivity contribution is 9.10. The fourth-order valence-electron chi connectivity index (χ4n) is 3.27. The van der Waals surface area contributed by atoms with E-state index in [4.69, 9.17) is 0 Å². The summed E-state index contributed by atoms with van der Waals surface area (Å²) in [6, 6.07) is 8.05. The first-order valence-electron chi connectivity index (χ1n) is 5.87. The second-order valence-electron chi connectivity index (χ2n) is 5.10. The SMILES string of the molecule is OC1(c2ccccc2Br)CC2CNCC2C1. The van der Waals surface area contributed by atoms with Crippen molar-refractivity contribution >= 4 is 15.9 Å². The van der Waals surface area contributed by atoms with Crippen molar-refractivity contribution in [2.24, 2.45) is 11.8 Å². The zero-order chi connectivity index (χ0) is 11.2. The normalized spacial score (nSPS) is 37.6. The van der Waals surface area contributed by atoms with Crippen LogP contribution in [0.5, 0.6) is 0 Å². The van der Waals surface area contributed by atoms with Gasteiger partial charge in [-0.05, 0) is 49.4 Å². The van der Waals surface area contributed by atoms with Gasteiger partial charge >= 0.3 is 0 Å². The molecule has 1 heterocycles. The highest BCUT2D eigenvalue weighted by Crippen LogP contribution is 2.48. The van der Waals surface area contributed by atoms with E-state index in [1.807, 2.05) is 24.3 Å². The van der Waals surface area contributed by atoms with Gasteiger partial charge in [0.15, 0.2) is 0 Å². The highest BCUT2D eigenvalue weighted by atomic mass is 79.9. The Morgan fingerprint density at radius 1 is 1.19 bits per heavy atom. The van der Waals surface area contributed by atoms with Gasteiger partial charge in [-0.2, -0.15) is 0 Å². The lowest BCUT2D eigenvalue weighted by Gasteiger charge is -2.25. The van der Waals surface area contributed by atoms with Crippen LogP contribution in [0.25, 0.3) is 0 Å². The Kier molecular flexibility index (Phi) is 2.57. The van der Waals surface area contributed by atoms with E-state index in [2.05, 4.69) is 21.2 Å². The minimum absolute atomic E-state index is 0.614. The fourth-order valence-corrected chi connectivity index (χ4v) is 3.93. The average molecular weight is 282 g/mol. The Labute approximate surface area is 104 Å². The molecule has 3 rings (SSSR count). The Hall–Kier alpha value is -0.380. The molecule has 0 radical (unpaired) electrons. The van der Waals surface area contributed by atoms with E-state index >= 15 is 0 Å². The third-order valence-electron chi connectivity index (χ3n) is 4.05. The molecule has 1 aromatic carbocycles. The zero-order valence-electron chi connectivity index (χ0n) is 9.12. The Morgan fingerprint density at radius 3 is 2.44 bits per heavy atom. The summed E-state index contributed by atoms with van der Waals surface area (Å²) in [5.74, 6) is 1.30. The van der Waals surface area contributed by atoms with E-state index in [9.17, 15) is 5.11 Å². The highest BCUT2D eigenvalue weighted by Gasteiger charge is 2.47. The summed E-state index contributed by atoms with van der Waals surface area (Å²) in [5, 5.41) is 14.2. The summed E-state index contributed by atoms with van der Waals surface area (Å²) < 4.78 is 1.03. The molecular formula is C13H16BrNO. The fraction of sp³-hybridized carbons (Fsp3) is 0.538. The van der Waals surface area contributed by atoms with Crippen LogP contribution in [0, 0.1) is 11.8 Å². The summed E-state index contributed by atoms with van der Waals surface area (Å²) in [7, 11) is 0. The molecule has 1 aliphatic carbocycles. The monoisotopic (exact) mass is 281 g/mol. The molecule has 86 valence electrons. The van der Waals surface area contributed by atoms with Crippen molar-refractivity contribution in [3.63, 3.8) is 0 Å². The van der Waals surface area contributed by atoms with Crippen LogP contribution in [0.2, 0.25) is 0 Å². The largest absolute Gasteiger partial charge is 0.385 e. The maximum absolute atomic E-state index is 10.8. The molecule has 2 unspecified atom stereocenters. The number of hydrogen-bond donors (Lipinski definition) is 2. The van der Waals surface area contributed by atoms with Gasteiger partial charge in [-0.15, -0.1) is 0 Å². The molecule has 2 aliphatic rings. The maximum Gasteiger partial charge on any atom is 0.0913 e. The Morgan fingerprint density at radius 2 is 1.81 bits per heavy atom. The number of benzene rings is 1. The van der Waals surface area contributed by atoms with Gasteiger partial charge < -0.3 is 10.4 Å². The van der Waals surface area contributed by atoms with Gasteiger partial charge in [0.1, 0.15) is 0 Å². The molecule has 1 aliphatic heterocycles. The number of halogens is 1.